The van der Waals surface area contributed by atoms with Gasteiger partial charge in [0.05, 0.1) is 31.3 Å². The number of aromatic nitrogens is 1. The van der Waals surface area contributed by atoms with Crippen molar-refractivity contribution >= 4 is 17.5 Å². The van der Waals surface area contributed by atoms with E-state index in [1.54, 1.807) is 12.4 Å². The fourth-order valence-electron chi connectivity index (χ4n) is 3.31. The first-order chi connectivity index (χ1) is 14.6. The summed E-state index contributed by atoms with van der Waals surface area (Å²) in [5, 5.41) is 0.196. The Morgan fingerprint density at radius 2 is 2.00 bits per heavy atom. The summed E-state index contributed by atoms with van der Waals surface area (Å²) in [5.74, 6) is -0.0434. The van der Waals surface area contributed by atoms with E-state index in [1.807, 2.05) is 17.0 Å². The molecular weight excluding hydrogens is 409 g/mol. The first-order valence-corrected chi connectivity index (χ1v) is 10.5. The molecule has 1 amide bonds. The lowest BCUT2D eigenvalue weighted by Crippen LogP contribution is -2.39. The molecule has 1 fully saturated rings. The van der Waals surface area contributed by atoms with Gasteiger partial charge in [0.15, 0.2) is 0 Å². The molecule has 8 heteroatoms. The lowest BCUT2D eigenvalue weighted by molar-refractivity contribution is -0.132. The van der Waals surface area contributed by atoms with Crippen LogP contribution in [0.2, 0.25) is 5.02 Å². The number of rotatable bonds is 10. The number of hydrogen-bond acceptors (Lipinski definition) is 5. The second kappa shape index (κ2) is 11.8. The van der Waals surface area contributed by atoms with E-state index < -0.39 is 5.82 Å². The maximum atomic E-state index is 13.1. The van der Waals surface area contributed by atoms with Gasteiger partial charge in [-0.15, -0.1) is 0 Å². The van der Waals surface area contributed by atoms with Crippen LogP contribution in [0.4, 0.5) is 4.39 Å². The average molecular weight is 436 g/mol. The summed E-state index contributed by atoms with van der Waals surface area (Å²) >= 11 is 5.98. The second-order valence-electron chi connectivity index (χ2n) is 7.15. The zero-order valence-corrected chi connectivity index (χ0v) is 17.7. The molecule has 1 aliphatic rings. The van der Waals surface area contributed by atoms with E-state index in [0.29, 0.717) is 18.8 Å². The van der Waals surface area contributed by atoms with Crippen LogP contribution < -0.4 is 4.74 Å². The lowest BCUT2D eigenvalue weighted by Gasteiger charge is -2.28. The molecule has 162 valence electrons. The molecule has 0 unspecified atom stereocenters. The third-order valence-electron chi connectivity index (χ3n) is 4.95. The minimum Gasteiger partial charge on any atom is -0.491 e. The Bertz CT molecular complexity index is 803. The summed E-state index contributed by atoms with van der Waals surface area (Å²) in [6, 6.07) is 7.78. The highest BCUT2D eigenvalue weighted by Crippen LogP contribution is 2.25. The van der Waals surface area contributed by atoms with E-state index >= 15 is 0 Å². The van der Waals surface area contributed by atoms with Gasteiger partial charge in [0.25, 0.3) is 0 Å². The molecule has 6 nitrogen and oxygen atoms in total. The van der Waals surface area contributed by atoms with Crippen molar-refractivity contribution in [3.8, 4) is 5.75 Å². The maximum absolute atomic E-state index is 13.1. The van der Waals surface area contributed by atoms with E-state index in [2.05, 4.69) is 9.88 Å². The van der Waals surface area contributed by atoms with Crippen LogP contribution >= 0.6 is 11.6 Å². The summed E-state index contributed by atoms with van der Waals surface area (Å²) in [6.07, 6.45) is 4.56. The minimum absolute atomic E-state index is 0.00650. The molecule has 0 atom stereocenters. The average Bonchev–Trinajstić information content (AvgIpc) is 2.76. The molecule has 1 saturated heterocycles. The van der Waals surface area contributed by atoms with Gasteiger partial charge in [0, 0.05) is 45.1 Å². The molecule has 0 N–H and O–H groups in total. The van der Waals surface area contributed by atoms with Gasteiger partial charge in [-0.3, -0.25) is 14.7 Å². The first-order valence-electron chi connectivity index (χ1n) is 10.2. The molecule has 1 aliphatic heterocycles. The number of carbonyl (C=O) groups excluding carboxylic acids is 1. The fraction of sp³-hybridized carbons (Fsp3) is 0.455. The van der Waals surface area contributed by atoms with Gasteiger partial charge in [-0.1, -0.05) is 11.6 Å². The van der Waals surface area contributed by atoms with Crippen LogP contribution in [0.25, 0.3) is 0 Å². The molecule has 1 aromatic heterocycles. The van der Waals surface area contributed by atoms with Crippen molar-refractivity contribution in [1.82, 2.24) is 14.8 Å². The molecule has 2 heterocycles. The van der Waals surface area contributed by atoms with E-state index in [0.717, 1.165) is 44.8 Å². The Hall–Kier alpha value is -2.22. The molecule has 0 radical (unpaired) electrons. The SMILES string of the molecule is O=C(CCOc1ccc(F)cc1Cl)N(CCCN1CCOCC1)Cc1ccncc1. The third-order valence-corrected chi connectivity index (χ3v) is 5.24. The molecule has 1 aromatic carbocycles. The third kappa shape index (κ3) is 7.23. The topological polar surface area (TPSA) is 54.9 Å². The summed E-state index contributed by atoms with van der Waals surface area (Å²) in [5.41, 5.74) is 1.03. The van der Waals surface area contributed by atoms with Crippen molar-refractivity contribution in [3.05, 3.63) is 59.1 Å². The number of amides is 1. The molecule has 0 aliphatic carbocycles. The zero-order valence-electron chi connectivity index (χ0n) is 16.9. The number of hydrogen-bond donors (Lipinski definition) is 0. The predicted molar refractivity (Wildman–Crippen MR) is 113 cm³/mol. The lowest BCUT2D eigenvalue weighted by atomic mass is 10.2. The van der Waals surface area contributed by atoms with Gasteiger partial charge in [-0.25, -0.2) is 4.39 Å². The quantitative estimate of drug-likeness (QED) is 0.572. The summed E-state index contributed by atoms with van der Waals surface area (Å²) < 4.78 is 24.1. The summed E-state index contributed by atoms with van der Waals surface area (Å²) in [7, 11) is 0. The fourth-order valence-corrected chi connectivity index (χ4v) is 3.53. The first kappa shape index (κ1) is 22.5. The van der Waals surface area contributed by atoms with Crippen LogP contribution in [0.15, 0.2) is 42.7 Å². The molecular formula is C22H27ClFN3O3. The van der Waals surface area contributed by atoms with Crippen molar-refractivity contribution in [2.45, 2.75) is 19.4 Å². The van der Waals surface area contributed by atoms with E-state index in [1.165, 1.54) is 18.2 Å². The van der Waals surface area contributed by atoms with Crippen molar-refractivity contribution in [1.29, 1.82) is 0 Å². The smallest absolute Gasteiger partial charge is 0.226 e. The van der Waals surface area contributed by atoms with Crippen LogP contribution in [0.5, 0.6) is 5.75 Å². The van der Waals surface area contributed by atoms with Crippen molar-refractivity contribution in [2.24, 2.45) is 0 Å². The van der Waals surface area contributed by atoms with E-state index in [-0.39, 0.29) is 24.0 Å². The number of nitrogens with zero attached hydrogens (tertiary/aromatic N) is 3. The van der Waals surface area contributed by atoms with Crippen LogP contribution in [0.1, 0.15) is 18.4 Å². The molecule has 2 aromatic rings. The van der Waals surface area contributed by atoms with Crippen molar-refractivity contribution < 1.29 is 18.7 Å². The Morgan fingerprint density at radius 1 is 1.23 bits per heavy atom. The molecule has 30 heavy (non-hydrogen) atoms. The predicted octanol–water partition coefficient (Wildman–Crippen LogP) is 3.39. The van der Waals surface area contributed by atoms with Gasteiger partial charge in [0.1, 0.15) is 11.6 Å². The number of carbonyl (C=O) groups is 1. The summed E-state index contributed by atoms with van der Waals surface area (Å²) in [6.45, 7) is 5.71. The van der Waals surface area contributed by atoms with Gasteiger partial charge in [-0.2, -0.15) is 0 Å². The standard InChI is InChI=1S/C22H27ClFN3O3/c23-20-16-19(24)2-3-21(20)30-13-6-22(28)27(17-18-4-7-25-8-5-18)10-1-9-26-11-14-29-15-12-26/h2-5,7-8,16H,1,6,9-15,17H2. The molecule has 0 spiro atoms. The number of ether oxygens (including phenoxy) is 2. The van der Waals surface area contributed by atoms with E-state index in [9.17, 15) is 9.18 Å². The number of benzene rings is 1. The number of morpholine rings is 1. The highest BCUT2D eigenvalue weighted by atomic mass is 35.5. The van der Waals surface area contributed by atoms with Gasteiger partial charge < -0.3 is 14.4 Å². The van der Waals surface area contributed by atoms with E-state index in [4.69, 9.17) is 21.1 Å². The van der Waals surface area contributed by atoms with Crippen LogP contribution in [-0.2, 0) is 16.1 Å². The second-order valence-corrected chi connectivity index (χ2v) is 7.56. The highest BCUT2D eigenvalue weighted by Gasteiger charge is 2.16. The Labute approximate surface area is 181 Å². The van der Waals surface area contributed by atoms with Gasteiger partial charge >= 0.3 is 0 Å². The Balaban J connectivity index is 1.52. The zero-order chi connectivity index (χ0) is 21.2. The summed E-state index contributed by atoms with van der Waals surface area (Å²) in [4.78, 5) is 21.1. The van der Waals surface area contributed by atoms with Crippen LogP contribution in [0.3, 0.4) is 0 Å². The van der Waals surface area contributed by atoms with Crippen LogP contribution in [-0.4, -0.2) is 66.7 Å². The Kier molecular flexibility index (Phi) is 8.86. The maximum Gasteiger partial charge on any atom is 0.226 e. The number of pyridine rings is 1. The molecule has 0 saturated carbocycles. The van der Waals surface area contributed by atoms with Crippen LogP contribution in [0, 0.1) is 5.82 Å². The van der Waals surface area contributed by atoms with Gasteiger partial charge in [-0.05, 0) is 42.3 Å². The number of halogens is 2. The molecule has 3 rings (SSSR count). The largest absolute Gasteiger partial charge is 0.491 e. The van der Waals surface area contributed by atoms with Crippen molar-refractivity contribution in [2.75, 3.05) is 46.0 Å². The Morgan fingerprint density at radius 3 is 2.73 bits per heavy atom. The highest BCUT2D eigenvalue weighted by molar-refractivity contribution is 6.32. The minimum atomic E-state index is -0.424. The van der Waals surface area contributed by atoms with Gasteiger partial charge in [0.2, 0.25) is 5.91 Å². The van der Waals surface area contributed by atoms with Crippen molar-refractivity contribution in [3.63, 3.8) is 0 Å². The monoisotopic (exact) mass is 435 g/mol. The normalized spacial score (nSPS) is 14.5. The molecule has 0 bridgehead atoms.